The molecule has 17 heavy (non-hydrogen) atoms. The van der Waals surface area contributed by atoms with Crippen LogP contribution in [0.3, 0.4) is 0 Å². The van der Waals surface area contributed by atoms with E-state index in [1.165, 1.54) is 0 Å². The van der Waals surface area contributed by atoms with Crippen molar-refractivity contribution in [1.29, 1.82) is 0 Å². The number of hydrogen-bond acceptors (Lipinski definition) is 3. The number of aliphatic carboxylic acids is 1. The topological polar surface area (TPSA) is 71.4 Å². The van der Waals surface area contributed by atoms with Crippen molar-refractivity contribution in [1.82, 2.24) is 0 Å². The number of benzene rings is 1. The van der Waals surface area contributed by atoms with Crippen LogP contribution in [0.5, 0.6) is 0 Å². The van der Waals surface area contributed by atoms with Gasteiger partial charge in [0, 0.05) is 10.7 Å². The van der Waals surface area contributed by atoms with Gasteiger partial charge in [-0.2, -0.15) is 0 Å². The van der Waals surface area contributed by atoms with E-state index in [4.69, 9.17) is 15.8 Å². The summed E-state index contributed by atoms with van der Waals surface area (Å²) in [7, 11) is 1.49. The molecule has 1 aromatic rings. The van der Waals surface area contributed by atoms with Crippen molar-refractivity contribution in [3.8, 4) is 0 Å². The Labute approximate surface area is 105 Å². The molecular formula is C11H13ClO4S. The minimum absolute atomic E-state index is 0.0148. The second-order valence-electron chi connectivity index (χ2n) is 3.95. The van der Waals surface area contributed by atoms with Gasteiger partial charge in [-0.1, -0.05) is 6.07 Å². The molecular weight excluding hydrogens is 264 g/mol. The molecule has 0 spiro atoms. The second kappa shape index (κ2) is 4.66. The monoisotopic (exact) mass is 276 g/mol. The van der Waals surface area contributed by atoms with Crippen molar-refractivity contribution in [3.05, 3.63) is 28.3 Å². The van der Waals surface area contributed by atoms with Crippen molar-refractivity contribution in [2.45, 2.75) is 32.1 Å². The Balaban J connectivity index is 3.60. The molecule has 1 rings (SSSR count). The van der Waals surface area contributed by atoms with Gasteiger partial charge in [-0.05, 0) is 43.0 Å². The molecule has 0 heterocycles. The Morgan fingerprint density at radius 3 is 2.24 bits per heavy atom. The molecule has 0 aromatic heterocycles. The number of carbonyl (C=O) groups is 1. The van der Waals surface area contributed by atoms with Crippen molar-refractivity contribution >= 4 is 25.7 Å². The second-order valence-corrected chi connectivity index (χ2v) is 6.45. The van der Waals surface area contributed by atoms with Crippen LogP contribution in [0.1, 0.15) is 22.3 Å². The summed E-state index contributed by atoms with van der Waals surface area (Å²) in [4.78, 5) is 10.8. The zero-order valence-electron chi connectivity index (χ0n) is 9.74. The molecule has 0 bridgehead atoms. The van der Waals surface area contributed by atoms with Crippen molar-refractivity contribution < 1.29 is 18.3 Å². The maximum Gasteiger partial charge on any atom is 0.307 e. The van der Waals surface area contributed by atoms with E-state index in [1.54, 1.807) is 26.8 Å². The van der Waals surface area contributed by atoms with Crippen LogP contribution in [0.15, 0.2) is 11.0 Å². The van der Waals surface area contributed by atoms with E-state index in [2.05, 4.69) is 0 Å². The van der Waals surface area contributed by atoms with Crippen molar-refractivity contribution in [3.63, 3.8) is 0 Å². The zero-order chi connectivity index (χ0) is 13.4. The average Bonchev–Trinajstić information content (AvgIpc) is 2.08. The molecule has 0 aliphatic carbocycles. The van der Waals surface area contributed by atoms with Crippen LogP contribution in [0.2, 0.25) is 0 Å². The van der Waals surface area contributed by atoms with Gasteiger partial charge in [-0.3, -0.25) is 4.79 Å². The predicted molar refractivity (Wildman–Crippen MR) is 65.0 cm³/mol. The summed E-state index contributed by atoms with van der Waals surface area (Å²) in [6, 6.07) is 1.64. The summed E-state index contributed by atoms with van der Waals surface area (Å²) in [6.07, 6.45) is -0.211. The SMILES string of the molecule is Cc1cc(C)c(S(=O)(=O)Cl)c(C)c1CC(=O)O. The van der Waals surface area contributed by atoms with Crippen LogP contribution in [0.4, 0.5) is 0 Å². The molecule has 0 unspecified atom stereocenters. The van der Waals surface area contributed by atoms with E-state index in [0.29, 0.717) is 16.7 Å². The molecule has 94 valence electrons. The number of aryl methyl sites for hydroxylation is 2. The Morgan fingerprint density at radius 2 is 1.82 bits per heavy atom. The molecule has 1 N–H and O–H groups in total. The lowest BCUT2D eigenvalue weighted by Crippen LogP contribution is -2.09. The summed E-state index contributed by atoms with van der Waals surface area (Å²) in [5.74, 6) is -1.00. The highest BCUT2D eigenvalue weighted by Crippen LogP contribution is 2.29. The summed E-state index contributed by atoms with van der Waals surface area (Å²) in [5, 5.41) is 8.80. The number of carboxylic acid groups (broad SMARTS) is 1. The highest BCUT2D eigenvalue weighted by atomic mass is 35.7. The van der Waals surface area contributed by atoms with Crippen LogP contribution in [0.25, 0.3) is 0 Å². The number of carboxylic acids is 1. The summed E-state index contributed by atoms with van der Waals surface area (Å²) >= 11 is 0. The zero-order valence-corrected chi connectivity index (χ0v) is 11.3. The molecule has 0 radical (unpaired) electrons. The van der Waals surface area contributed by atoms with Gasteiger partial charge in [-0.25, -0.2) is 8.42 Å². The van der Waals surface area contributed by atoms with E-state index in [9.17, 15) is 13.2 Å². The van der Waals surface area contributed by atoms with Crippen LogP contribution in [-0.2, 0) is 20.3 Å². The van der Waals surface area contributed by atoms with E-state index >= 15 is 0 Å². The van der Waals surface area contributed by atoms with E-state index in [0.717, 1.165) is 5.56 Å². The fourth-order valence-electron chi connectivity index (χ4n) is 2.00. The first-order valence-electron chi connectivity index (χ1n) is 4.90. The van der Waals surface area contributed by atoms with Gasteiger partial charge in [0.15, 0.2) is 0 Å². The van der Waals surface area contributed by atoms with Gasteiger partial charge in [0.05, 0.1) is 11.3 Å². The van der Waals surface area contributed by atoms with Crippen LogP contribution in [0, 0.1) is 20.8 Å². The van der Waals surface area contributed by atoms with Gasteiger partial charge in [0.1, 0.15) is 0 Å². The summed E-state index contributed by atoms with van der Waals surface area (Å²) in [5.41, 5.74) is 2.21. The number of halogens is 1. The summed E-state index contributed by atoms with van der Waals surface area (Å²) < 4.78 is 22.9. The van der Waals surface area contributed by atoms with E-state index < -0.39 is 15.0 Å². The highest BCUT2D eigenvalue weighted by Gasteiger charge is 2.21. The first-order chi connectivity index (χ1) is 7.64. The molecule has 0 fully saturated rings. The van der Waals surface area contributed by atoms with Gasteiger partial charge in [0.25, 0.3) is 9.05 Å². The molecule has 4 nitrogen and oxygen atoms in total. The Hall–Kier alpha value is -1.07. The highest BCUT2D eigenvalue weighted by molar-refractivity contribution is 8.13. The Morgan fingerprint density at radius 1 is 1.29 bits per heavy atom. The van der Waals surface area contributed by atoms with Crippen LogP contribution >= 0.6 is 10.7 Å². The quantitative estimate of drug-likeness (QED) is 0.859. The number of hydrogen-bond donors (Lipinski definition) is 1. The average molecular weight is 277 g/mol. The van der Waals surface area contributed by atoms with Gasteiger partial charge < -0.3 is 5.11 Å². The lowest BCUT2D eigenvalue weighted by molar-refractivity contribution is -0.136. The van der Waals surface area contributed by atoms with Crippen LogP contribution in [-0.4, -0.2) is 19.5 Å². The minimum Gasteiger partial charge on any atom is -0.481 e. The van der Waals surface area contributed by atoms with Crippen LogP contribution < -0.4 is 0 Å². The molecule has 0 aliphatic heterocycles. The third-order valence-electron chi connectivity index (χ3n) is 2.63. The van der Waals surface area contributed by atoms with Gasteiger partial charge >= 0.3 is 5.97 Å². The van der Waals surface area contributed by atoms with Gasteiger partial charge in [-0.15, -0.1) is 0 Å². The fraction of sp³-hybridized carbons (Fsp3) is 0.364. The molecule has 1 aromatic carbocycles. The smallest absolute Gasteiger partial charge is 0.307 e. The maximum atomic E-state index is 11.4. The Bertz CT molecular complexity index is 576. The van der Waals surface area contributed by atoms with Gasteiger partial charge in [0.2, 0.25) is 0 Å². The molecule has 0 saturated heterocycles. The third kappa shape index (κ3) is 2.98. The fourth-order valence-corrected chi connectivity index (χ4v) is 3.65. The lowest BCUT2D eigenvalue weighted by Gasteiger charge is -2.14. The molecule has 0 saturated carbocycles. The van der Waals surface area contributed by atoms with E-state index in [-0.39, 0.29) is 11.3 Å². The molecule has 6 heteroatoms. The largest absolute Gasteiger partial charge is 0.481 e. The Kier molecular flexibility index (Phi) is 3.84. The minimum atomic E-state index is -3.86. The van der Waals surface area contributed by atoms with Crippen molar-refractivity contribution in [2.24, 2.45) is 0 Å². The molecule has 0 aliphatic rings. The summed E-state index contributed by atoms with van der Waals surface area (Å²) in [6.45, 7) is 4.97. The standard InChI is InChI=1S/C11H13ClO4S/c1-6-4-7(2)11(17(12,15)16)8(3)9(6)5-10(13)14/h4H,5H2,1-3H3,(H,13,14). The molecule has 0 atom stereocenters. The van der Waals surface area contributed by atoms with Crippen molar-refractivity contribution in [2.75, 3.05) is 0 Å². The normalized spacial score (nSPS) is 11.5. The number of rotatable bonds is 3. The van der Waals surface area contributed by atoms with E-state index in [1.807, 2.05) is 0 Å². The third-order valence-corrected chi connectivity index (χ3v) is 4.21. The first-order valence-corrected chi connectivity index (χ1v) is 7.21. The lowest BCUT2D eigenvalue weighted by atomic mass is 9.97. The maximum absolute atomic E-state index is 11.4. The molecule has 0 amide bonds. The predicted octanol–water partition coefficient (Wildman–Crippen LogP) is 2.17. The first kappa shape index (κ1) is 14.0.